The van der Waals surface area contributed by atoms with Crippen molar-refractivity contribution in [3.8, 4) is 5.75 Å². The van der Waals surface area contributed by atoms with Gasteiger partial charge < -0.3 is 21.9 Å². The van der Waals surface area contributed by atoms with E-state index in [4.69, 9.17) is 21.9 Å². The molecule has 0 aliphatic carbocycles. The summed E-state index contributed by atoms with van der Waals surface area (Å²) in [7, 11) is 0. The average molecular weight is 283 g/mol. The van der Waals surface area contributed by atoms with Crippen LogP contribution in [0.2, 0.25) is 0 Å². The number of ether oxygens (including phenoxy) is 1. The van der Waals surface area contributed by atoms with Crippen molar-refractivity contribution in [3.05, 3.63) is 60.2 Å². The molecule has 0 saturated heterocycles. The van der Waals surface area contributed by atoms with Crippen LogP contribution in [0.25, 0.3) is 0 Å². The number of nitrogens with zero attached hydrogens (tertiary/aromatic N) is 2. The minimum absolute atomic E-state index is 0.0103. The fourth-order valence-electron chi connectivity index (χ4n) is 1.69. The van der Waals surface area contributed by atoms with Crippen LogP contribution in [-0.4, -0.2) is 11.9 Å². The number of para-hydroxylation sites is 1. The number of benzene rings is 2. The monoisotopic (exact) mass is 283 g/mol. The summed E-state index contributed by atoms with van der Waals surface area (Å²) in [5, 5.41) is 0. The molecular formula is C15H17N5O. The van der Waals surface area contributed by atoms with E-state index in [0.717, 1.165) is 11.3 Å². The highest BCUT2D eigenvalue weighted by atomic mass is 16.5. The van der Waals surface area contributed by atoms with Gasteiger partial charge in [0.2, 0.25) is 5.96 Å². The fraction of sp³-hybridized carbons (Fsp3) is 0.0667. The zero-order valence-corrected chi connectivity index (χ0v) is 11.4. The molecule has 0 unspecified atom stereocenters. The molecule has 2 aromatic rings. The summed E-state index contributed by atoms with van der Waals surface area (Å²) in [5.41, 5.74) is 17.7. The summed E-state index contributed by atoms with van der Waals surface area (Å²) in [6, 6.07) is 17.1. The number of hydrogen-bond acceptors (Lipinski definition) is 2. The topological polar surface area (TPSA) is 112 Å². The van der Waals surface area contributed by atoms with E-state index in [1.54, 1.807) is 6.07 Å². The number of guanidine groups is 2. The van der Waals surface area contributed by atoms with Gasteiger partial charge >= 0.3 is 0 Å². The lowest BCUT2D eigenvalue weighted by Gasteiger charge is -2.06. The minimum Gasteiger partial charge on any atom is -0.489 e. The van der Waals surface area contributed by atoms with E-state index in [1.807, 2.05) is 48.5 Å². The summed E-state index contributed by atoms with van der Waals surface area (Å²) in [4.78, 5) is 7.77. The van der Waals surface area contributed by atoms with Gasteiger partial charge in [0.15, 0.2) is 5.96 Å². The van der Waals surface area contributed by atoms with Gasteiger partial charge in [0, 0.05) is 0 Å². The van der Waals surface area contributed by atoms with Crippen molar-refractivity contribution in [2.24, 2.45) is 27.2 Å². The Labute approximate surface area is 123 Å². The van der Waals surface area contributed by atoms with Gasteiger partial charge in [-0.25, -0.2) is 4.99 Å². The Morgan fingerprint density at radius 2 is 1.71 bits per heavy atom. The molecule has 0 radical (unpaired) electrons. The number of rotatable bonds is 4. The van der Waals surface area contributed by atoms with Gasteiger partial charge in [-0.2, -0.15) is 4.99 Å². The normalized spacial score (nSPS) is 11.0. The van der Waals surface area contributed by atoms with Crippen LogP contribution >= 0.6 is 0 Å². The standard InChI is InChI=1S/C15H17N5O/c16-14(17)20-15(18)19-12-6-4-5-11(9-12)10-21-13-7-2-1-3-8-13/h1-9H,10H2,(H6,16,17,18,19,20). The molecule has 0 aliphatic heterocycles. The van der Waals surface area contributed by atoms with E-state index in [-0.39, 0.29) is 11.9 Å². The lowest BCUT2D eigenvalue weighted by molar-refractivity contribution is 0.306. The summed E-state index contributed by atoms with van der Waals surface area (Å²) >= 11 is 0. The maximum atomic E-state index is 5.67. The van der Waals surface area contributed by atoms with Crippen LogP contribution in [-0.2, 0) is 6.61 Å². The SMILES string of the molecule is NC(N)=NC(N)=Nc1cccc(COc2ccccc2)c1. The molecule has 6 heteroatoms. The van der Waals surface area contributed by atoms with Crippen LogP contribution in [0.15, 0.2) is 64.6 Å². The first-order chi connectivity index (χ1) is 10.1. The Morgan fingerprint density at radius 1 is 0.952 bits per heavy atom. The van der Waals surface area contributed by atoms with Crippen molar-refractivity contribution in [1.29, 1.82) is 0 Å². The van der Waals surface area contributed by atoms with E-state index >= 15 is 0 Å². The van der Waals surface area contributed by atoms with E-state index in [9.17, 15) is 0 Å². The lowest BCUT2D eigenvalue weighted by atomic mass is 10.2. The van der Waals surface area contributed by atoms with E-state index in [1.165, 1.54) is 0 Å². The number of aliphatic imine (C=N–C) groups is 2. The van der Waals surface area contributed by atoms with E-state index in [0.29, 0.717) is 12.3 Å². The predicted molar refractivity (Wildman–Crippen MR) is 84.3 cm³/mol. The Hall–Kier alpha value is -3.02. The molecule has 0 atom stereocenters. The van der Waals surface area contributed by atoms with Crippen LogP contribution in [0.1, 0.15) is 5.56 Å². The third-order valence-corrected chi connectivity index (χ3v) is 2.55. The molecule has 6 nitrogen and oxygen atoms in total. The Kier molecular flexibility index (Phi) is 4.76. The average Bonchev–Trinajstić information content (AvgIpc) is 2.46. The first-order valence-electron chi connectivity index (χ1n) is 6.34. The van der Waals surface area contributed by atoms with Crippen molar-refractivity contribution >= 4 is 17.6 Å². The summed E-state index contributed by atoms with van der Waals surface area (Å²) in [5.74, 6) is 0.697. The van der Waals surface area contributed by atoms with Crippen LogP contribution in [0.4, 0.5) is 5.69 Å². The maximum Gasteiger partial charge on any atom is 0.223 e. The lowest BCUT2D eigenvalue weighted by Crippen LogP contribution is -2.26. The van der Waals surface area contributed by atoms with Crippen molar-refractivity contribution in [1.82, 2.24) is 0 Å². The smallest absolute Gasteiger partial charge is 0.223 e. The van der Waals surface area contributed by atoms with Crippen molar-refractivity contribution < 1.29 is 4.74 Å². The van der Waals surface area contributed by atoms with E-state index in [2.05, 4.69) is 9.98 Å². The second-order valence-electron chi connectivity index (χ2n) is 4.28. The van der Waals surface area contributed by atoms with Crippen molar-refractivity contribution in [2.75, 3.05) is 0 Å². The minimum atomic E-state index is -0.125. The Morgan fingerprint density at radius 3 is 2.43 bits per heavy atom. The Balaban J connectivity index is 2.06. The summed E-state index contributed by atoms with van der Waals surface area (Å²) < 4.78 is 5.67. The number of nitrogens with two attached hydrogens (primary N) is 3. The van der Waals surface area contributed by atoms with E-state index < -0.39 is 0 Å². The van der Waals surface area contributed by atoms with Crippen LogP contribution in [0.5, 0.6) is 5.75 Å². The molecule has 0 spiro atoms. The molecule has 0 aliphatic rings. The third-order valence-electron chi connectivity index (χ3n) is 2.55. The van der Waals surface area contributed by atoms with Gasteiger partial charge in [-0.1, -0.05) is 30.3 Å². The molecule has 0 aromatic heterocycles. The quantitative estimate of drug-likeness (QED) is 0.582. The molecule has 0 fully saturated rings. The van der Waals surface area contributed by atoms with Gasteiger partial charge in [0.25, 0.3) is 0 Å². The highest BCUT2D eigenvalue weighted by Gasteiger charge is 1.98. The van der Waals surface area contributed by atoms with Crippen LogP contribution in [0.3, 0.4) is 0 Å². The summed E-state index contributed by atoms with van der Waals surface area (Å²) in [6.45, 7) is 0.440. The van der Waals surface area contributed by atoms with Gasteiger partial charge in [-0.05, 0) is 29.8 Å². The molecule has 0 heterocycles. The zero-order valence-electron chi connectivity index (χ0n) is 11.4. The molecule has 0 bridgehead atoms. The van der Waals surface area contributed by atoms with Gasteiger partial charge in [-0.3, -0.25) is 0 Å². The second-order valence-corrected chi connectivity index (χ2v) is 4.28. The molecular weight excluding hydrogens is 266 g/mol. The first-order valence-corrected chi connectivity index (χ1v) is 6.34. The van der Waals surface area contributed by atoms with Crippen LogP contribution < -0.4 is 21.9 Å². The molecule has 0 amide bonds. The van der Waals surface area contributed by atoms with Crippen LogP contribution in [0, 0.1) is 0 Å². The van der Waals surface area contributed by atoms with Gasteiger partial charge in [-0.15, -0.1) is 0 Å². The van der Waals surface area contributed by atoms with Crippen molar-refractivity contribution in [2.45, 2.75) is 6.61 Å². The second kappa shape index (κ2) is 6.95. The molecule has 2 rings (SSSR count). The fourth-order valence-corrected chi connectivity index (χ4v) is 1.69. The van der Waals surface area contributed by atoms with Gasteiger partial charge in [0.1, 0.15) is 12.4 Å². The predicted octanol–water partition coefficient (Wildman–Crippen LogP) is 1.49. The highest BCUT2D eigenvalue weighted by molar-refractivity contribution is 5.93. The largest absolute Gasteiger partial charge is 0.489 e. The highest BCUT2D eigenvalue weighted by Crippen LogP contribution is 2.17. The molecule has 2 aromatic carbocycles. The van der Waals surface area contributed by atoms with Crippen molar-refractivity contribution in [3.63, 3.8) is 0 Å². The Bertz CT molecular complexity index is 648. The molecule has 21 heavy (non-hydrogen) atoms. The number of hydrogen-bond donors (Lipinski definition) is 3. The maximum absolute atomic E-state index is 5.67. The zero-order chi connectivity index (χ0) is 15.1. The van der Waals surface area contributed by atoms with Gasteiger partial charge in [0.05, 0.1) is 5.69 Å². The first kappa shape index (κ1) is 14.4. The molecule has 6 N–H and O–H groups in total. The summed E-state index contributed by atoms with van der Waals surface area (Å²) in [6.07, 6.45) is 0. The molecule has 108 valence electrons. The third kappa shape index (κ3) is 4.87. The molecule has 0 saturated carbocycles.